The van der Waals surface area contributed by atoms with Gasteiger partial charge in [0.25, 0.3) is 5.91 Å². The number of carbonyl (C=O) groups is 1. The monoisotopic (exact) mass is 328 g/mol. The lowest BCUT2D eigenvalue weighted by Crippen LogP contribution is -2.36. The van der Waals surface area contributed by atoms with Crippen molar-refractivity contribution in [2.75, 3.05) is 7.05 Å². The van der Waals surface area contributed by atoms with E-state index in [2.05, 4.69) is 0 Å². The molecule has 0 unspecified atom stereocenters. The van der Waals surface area contributed by atoms with Crippen LogP contribution in [-0.4, -0.2) is 33.9 Å². The van der Waals surface area contributed by atoms with Crippen LogP contribution >= 0.6 is 12.2 Å². The van der Waals surface area contributed by atoms with Crippen molar-refractivity contribution < 1.29 is 18.0 Å². The van der Waals surface area contributed by atoms with Gasteiger partial charge in [-0.25, -0.2) is 0 Å². The quantitative estimate of drug-likeness (QED) is 0.613. The average molecular weight is 328 g/mol. The first-order chi connectivity index (χ1) is 10.1. The largest absolute Gasteiger partial charge is 0.416 e. The SMILES string of the molecule is CC(C)N1C(=O)/C(=C\c2ccc(C(F)(F)F)cc2)N(C)C1=S. The maximum absolute atomic E-state index is 12.5. The summed E-state index contributed by atoms with van der Waals surface area (Å²) in [5.74, 6) is -0.248. The minimum absolute atomic E-state index is 0.0824. The van der Waals surface area contributed by atoms with Crippen LogP contribution in [0, 0.1) is 0 Å². The molecule has 1 aromatic rings. The average Bonchev–Trinajstić information content (AvgIpc) is 2.62. The van der Waals surface area contributed by atoms with Gasteiger partial charge in [-0.2, -0.15) is 13.2 Å². The number of hydrogen-bond acceptors (Lipinski definition) is 2. The Hall–Kier alpha value is -1.89. The molecule has 1 saturated heterocycles. The zero-order valence-electron chi connectivity index (χ0n) is 12.3. The van der Waals surface area contributed by atoms with Crippen LogP contribution in [0.25, 0.3) is 6.08 Å². The zero-order valence-corrected chi connectivity index (χ0v) is 13.1. The summed E-state index contributed by atoms with van der Waals surface area (Å²) in [6.07, 6.45) is -2.83. The van der Waals surface area contributed by atoms with Gasteiger partial charge in [0, 0.05) is 13.1 Å². The van der Waals surface area contributed by atoms with Gasteiger partial charge < -0.3 is 4.90 Å². The highest BCUT2D eigenvalue weighted by atomic mass is 32.1. The minimum Gasteiger partial charge on any atom is -0.317 e. The van der Waals surface area contributed by atoms with Gasteiger partial charge in [0.2, 0.25) is 0 Å². The van der Waals surface area contributed by atoms with E-state index < -0.39 is 11.7 Å². The topological polar surface area (TPSA) is 23.6 Å². The molecule has 1 aromatic carbocycles. The van der Waals surface area contributed by atoms with E-state index >= 15 is 0 Å². The Labute approximate surface area is 132 Å². The molecule has 1 fully saturated rings. The fraction of sp³-hybridized carbons (Fsp3) is 0.333. The number of hydrogen-bond donors (Lipinski definition) is 0. The lowest BCUT2D eigenvalue weighted by atomic mass is 10.1. The molecule has 1 heterocycles. The number of nitrogens with zero attached hydrogens (tertiary/aromatic N) is 2. The molecule has 7 heteroatoms. The summed E-state index contributed by atoms with van der Waals surface area (Å²) in [6.45, 7) is 3.69. The van der Waals surface area contributed by atoms with Crippen molar-refractivity contribution in [1.29, 1.82) is 0 Å². The van der Waals surface area contributed by atoms with Gasteiger partial charge in [-0.15, -0.1) is 0 Å². The maximum Gasteiger partial charge on any atom is 0.416 e. The van der Waals surface area contributed by atoms with E-state index in [1.54, 1.807) is 11.9 Å². The molecule has 0 radical (unpaired) electrons. The molecule has 0 aromatic heterocycles. The molecule has 0 saturated carbocycles. The van der Waals surface area contributed by atoms with E-state index in [1.165, 1.54) is 23.1 Å². The number of thiocarbonyl (C=S) groups is 1. The maximum atomic E-state index is 12.5. The third-order valence-electron chi connectivity index (χ3n) is 3.35. The number of benzene rings is 1. The van der Waals surface area contributed by atoms with Crippen molar-refractivity contribution in [3.8, 4) is 0 Å². The summed E-state index contributed by atoms with van der Waals surface area (Å²) in [6, 6.07) is 4.56. The van der Waals surface area contributed by atoms with E-state index in [0.29, 0.717) is 16.4 Å². The summed E-state index contributed by atoms with van der Waals surface area (Å²) in [4.78, 5) is 15.4. The van der Waals surface area contributed by atoms with Crippen LogP contribution in [0.4, 0.5) is 13.2 Å². The molecule has 0 bridgehead atoms. The van der Waals surface area contributed by atoms with Crippen LogP contribution in [-0.2, 0) is 11.0 Å². The van der Waals surface area contributed by atoms with Crippen LogP contribution in [0.15, 0.2) is 30.0 Å². The number of alkyl halides is 3. The van der Waals surface area contributed by atoms with Gasteiger partial charge in [-0.3, -0.25) is 9.69 Å². The van der Waals surface area contributed by atoms with Crippen LogP contribution in [0.3, 0.4) is 0 Å². The van der Waals surface area contributed by atoms with Crippen molar-refractivity contribution in [2.45, 2.75) is 26.1 Å². The van der Waals surface area contributed by atoms with Crippen molar-refractivity contribution in [1.82, 2.24) is 9.80 Å². The molecule has 0 atom stereocenters. The first-order valence-electron chi connectivity index (χ1n) is 6.63. The zero-order chi connectivity index (χ0) is 16.7. The summed E-state index contributed by atoms with van der Waals surface area (Å²) in [7, 11) is 1.67. The Morgan fingerprint density at radius 3 is 2.14 bits per heavy atom. The standard InChI is InChI=1S/C15H15F3N2OS/c1-9(2)20-13(21)12(19(3)14(20)22)8-10-4-6-11(7-5-10)15(16,17)18/h4-9H,1-3H3/b12-8+. The van der Waals surface area contributed by atoms with Crippen LogP contribution in [0.1, 0.15) is 25.0 Å². The van der Waals surface area contributed by atoms with Gasteiger partial charge in [0.1, 0.15) is 5.70 Å². The van der Waals surface area contributed by atoms with Gasteiger partial charge in [0.15, 0.2) is 5.11 Å². The van der Waals surface area contributed by atoms with Crippen LogP contribution < -0.4 is 0 Å². The minimum atomic E-state index is -4.37. The Bertz CT molecular complexity index is 635. The summed E-state index contributed by atoms with van der Waals surface area (Å²) >= 11 is 5.22. The lowest BCUT2D eigenvalue weighted by Gasteiger charge is -2.19. The van der Waals surface area contributed by atoms with Crippen LogP contribution in [0.5, 0.6) is 0 Å². The van der Waals surface area contributed by atoms with E-state index in [4.69, 9.17) is 12.2 Å². The van der Waals surface area contributed by atoms with Gasteiger partial charge in [0.05, 0.1) is 5.56 Å². The predicted molar refractivity (Wildman–Crippen MR) is 81.8 cm³/mol. The van der Waals surface area contributed by atoms with Gasteiger partial charge >= 0.3 is 6.18 Å². The number of likely N-dealkylation sites (N-methyl/N-ethyl adjacent to an activating group) is 1. The van der Waals surface area contributed by atoms with E-state index in [1.807, 2.05) is 13.8 Å². The molecule has 3 nitrogen and oxygen atoms in total. The lowest BCUT2D eigenvalue weighted by molar-refractivity contribution is -0.137. The number of rotatable bonds is 2. The molecular weight excluding hydrogens is 313 g/mol. The van der Waals surface area contributed by atoms with Gasteiger partial charge in [-0.1, -0.05) is 12.1 Å². The Balaban J connectivity index is 2.33. The first kappa shape index (κ1) is 16.5. The Morgan fingerprint density at radius 1 is 1.18 bits per heavy atom. The smallest absolute Gasteiger partial charge is 0.317 e. The van der Waals surface area contributed by atoms with Gasteiger partial charge in [-0.05, 0) is 49.8 Å². The normalized spacial score (nSPS) is 18.0. The highest BCUT2D eigenvalue weighted by Crippen LogP contribution is 2.30. The first-order valence-corrected chi connectivity index (χ1v) is 7.04. The van der Waals surface area contributed by atoms with E-state index in [0.717, 1.165) is 12.1 Å². The molecular formula is C15H15F3N2OS. The predicted octanol–water partition coefficient (Wildman–Crippen LogP) is 3.51. The number of halogens is 3. The molecule has 1 aliphatic heterocycles. The second-order valence-corrected chi connectivity index (χ2v) is 5.62. The van der Waals surface area contributed by atoms with E-state index in [9.17, 15) is 18.0 Å². The highest BCUT2D eigenvalue weighted by molar-refractivity contribution is 7.80. The highest BCUT2D eigenvalue weighted by Gasteiger charge is 2.37. The summed E-state index contributed by atoms with van der Waals surface area (Å²) in [5.41, 5.74) is 0.134. The van der Waals surface area contributed by atoms with Crippen molar-refractivity contribution in [3.63, 3.8) is 0 Å². The second-order valence-electron chi connectivity index (χ2n) is 5.26. The molecule has 0 spiro atoms. The Morgan fingerprint density at radius 2 is 1.73 bits per heavy atom. The summed E-state index contributed by atoms with van der Waals surface area (Å²) < 4.78 is 37.6. The van der Waals surface area contributed by atoms with E-state index in [-0.39, 0.29) is 11.9 Å². The third kappa shape index (κ3) is 2.99. The molecule has 22 heavy (non-hydrogen) atoms. The summed E-state index contributed by atoms with van der Waals surface area (Å²) in [5, 5.41) is 0.387. The number of carbonyl (C=O) groups excluding carboxylic acids is 1. The fourth-order valence-electron chi connectivity index (χ4n) is 2.16. The molecule has 0 aliphatic carbocycles. The molecule has 1 amide bonds. The molecule has 1 aliphatic rings. The van der Waals surface area contributed by atoms with Crippen LogP contribution in [0.2, 0.25) is 0 Å². The molecule has 118 valence electrons. The van der Waals surface area contributed by atoms with Crippen molar-refractivity contribution >= 4 is 29.3 Å². The Kier molecular flexibility index (Phi) is 4.28. The fourth-order valence-corrected chi connectivity index (χ4v) is 2.55. The molecule has 0 N–H and O–H groups in total. The van der Waals surface area contributed by atoms with Crippen molar-refractivity contribution in [3.05, 3.63) is 41.1 Å². The third-order valence-corrected chi connectivity index (χ3v) is 3.82. The van der Waals surface area contributed by atoms with Crippen molar-refractivity contribution in [2.24, 2.45) is 0 Å². The number of amides is 1. The molecule has 2 rings (SSSR count). The second kappa shape index (κ2) is 5.72.